The van der Waals surface area contributed by atoms with Crippen molar-refractivity contribution < 1.29 is 4.74 Å². The molecule has 10 aromatic rings. The van der Waals surface area contributed by atoms with E-state index < -0.39 is 0 Å². The summed E-state index contributed by atoms with van der Waals surface area (Å²) in [4.78, 5) is 20.2. The lowest BCUT2D eigenvalue weighted by atomic mass is 9.88. The molecule has 67 heavy (non-hydrogen) atoms. The number of aromatic nitrogens is 2. The highest BCUT2D eigenvalue weighted by atomic mass is 32.2. The van der Waals surface area contributed by atoms with Gasteiger partial charge in [0.1, 0.15) is 24.0 Å². The van der Waals surface area contributed by atoms with E-state index in [1.54, 1.807) is 0 Å². The highest BCUT2D eigenvalue weighted by Gasteiger charge is 2.40. The van der Waals surface area contributed by atoms with Gasteiger partial charge in [0.25, 0.3) is 0 Å². The van der Waals surface area contributed by atoms with Crippen molar-refractivity contribution >= 4 is 96.9 Å². The summed E-state index contributed by atoms with van der Waals surface area (Å²) in [6, 6.07) is 63.7. The van der Waals surface area contributed by atoms with Crippen molar-refractivity contribution in [2.24, 2.45) is 0 Å². The topological polar surface area (TPSA) is 36.8 Å². The van der Waals surface area contributed by atoms with Crippen LogP contribution in [0, 0.1) is 0 Å². The molecule has 0 saturated carbocycles. The summed E-state index contributed by atoms with van der Waals surface area (Å²) in [5.41, 5.74) is 14.3. The van der Waals surface area contributed by atoms with Crippen LogP contribution < -0.4 is 19.4 Å². The van der Waals surface area contributed by atoms with Gasteiger partial charge in [-0.25, -0.2) is 4.98 Å². The van der Waals surface area contributed by atoms with Gasteiger partial charge in [0.2, 0.25) is 0 Å². The first kappa shape index (κ1) is 39.2. The van der Waals surface area contributed by atoms with Crippen LogP contribution in [0.2, 0.25) is 0 Å². The summed E-state index contributed by atoms with van der Waals surface area (Å²) in [7, 11) is 0. The molecule has 4 aliphatic heterocycles. The van der Waals surface area contributed by atoms with Gasteiger partial charge in [-0.05, 0) is 119 Å². The third-order valence-electron chi connectivity index (χ3n) is 13.4. The second-order valence-corrected chi connectivity index (χ2v) is 21.7. The SMILES string of the molecule is CC(C)(C)c1ccnc(-n2c3ccc(-c4ccccc4)cc3c3ccc(Oc4cccc(N5CN(c6cc7c8c(c6)Sc6cccc9c6N8c6c(cccc6S7)S9)c6ccccc65)c4)cc32)c1. The predicted molar refractivity (Wildman–Crippen MR) is 278 cm³/mol. The number of hydrogen-bond donors (Lipinski definition) is 0. The molecule has 0 unspecified atom stereocenters. The first-order valence-electron chi connectivity index (χ1n) is 22.6. The maximum absolute atomic E-state index is 6.84. The molecule has 6 nitrogen and oxygen atoms in total. The molecule has 0 saturated heterocycles. The average Bonchev–Trinajstić information content (AvgIpc) is 3.90. The van der Waals surface area contributed by atoms with E-state index in [-0.39, 0.29) is 5.41 Å². The van der Waals surface area contributed by atoms with Crippen LogP contribution in [0.15, 0.2) is 211 Å². The molecule has 6 heterocycles. The fraction of sp³-hybridized carbons (Fsp3) is 0.0862. The quantitative estimate of drug-likeness (QED) is 0.163. The Labute approximate surface area is 401 Å². The van der Waals surface area contributed by atoms with Crippen LogP contribution in [-0.4, -0.2) is 16.2 Å². The highest BCUT2D eigenvalue weighted by molar-refractivity contribution is 8.01. The molecule has 0 spiro atoms. The minimum Gasteiger partial charge on any atom is -0.457 e. The summed E-state index contributed by atoms with van der Waals surface area (Å²) in [5.74, 6) is 2.43. The van der Waals surface area contributed by atoms with Crippen molar-refractivity contribution in [2.75, 3.05) is 21.4 Å². The zero-order chi connectivity index (χ0) is 44.5. The fourth-order valence-corrected chi connectivity index (χ4v) is 13.8. The van der Waals surface area contributed by atoms with E-state index in [9.17, 15) is 0 Å². The molecule has 0 radical (unpaired) electrons. The monoisotopic (exact) mass is 919 g/mol. The molecule has 0 N–H and O–H groups in total. The molecule has 0 bridgehead atoms. The van der Waals surface area contributed by atoms with Gasteiger partial charge < -0.3 is 19.4 Å². The Bertz CT molecular complexity index is 3630. The van der Waals surface area contributed by atoms with E-state index >= 15 is 0 Å². The molecular weight excluding hydrogens is 879 g/mol. The molecule has 8 aromatic carbocycles. The average molecular weight is 920 g/mol. The van der Waals surface area contributed by atoms with Crippen molar-refractivity contribution in [1.82, 2.24) is 9.55 Å². The predicted octanol–water partition coefficient (Wildman–Crippen LogP) is 17.0. The lowest BCUT2D eigenvalue weighted by Gasteiger charge is -2.43. The number of benzene rings is 8. The third kappa shape index (κ3) is 6.18. The number of rotatable bonds is 6. The van der Waals surface area contributed by atoms with Crippen LogP contribution in [0.4, 0.5) is 39.8 Å². The minimum atomic E-state index is -0.0280. The van der Waals surface area contributed by atoms with E-state index in [0.717, 1.165) is 45.1 Å². The van der Waals surface area contributed by atoms with Gasteiger partial charge in [-0.1, -0.05) is 123 Å². The van der Waals surface area contributed by atoms with Gasteiger partial charge in [0.15, 0.2) is 0 Å². The Balaban J connectivity index is 0.821. The Morgan fingerprint density at radius 3 is 1.81 bits per heavy atom. The zero-order valence-electron chi connectivity index (χ0n) is 36.9. The molecule has 0 aliphatic carbocycles. The maximum atomic E-state index is 6.84. The van der Waals surface area contributed by atoms with Crippen LogP contribution in [0.3, 0.4) is 0 Å². The Kier molecular flexibility index (Phi) is 8.61. The second-order valence-electron chi connectivity index (χ2n) is 18.5. The highest BCUT2D eigenvalue weighted by Crippen LogP contribution is 2.67. The van der Waals surface area contributed by atoms with Crippen molar-refractivity contribution in [3.05, 3.63) is 188 Å². The maximum Gasteiger partial charge on any atom is 0.137 e. The zero-order valence-corrected chi connectivity index (χ0v) is 39.3. The van der Waals surface area contributed by atoms with Gasteiger partial charge in [-0.2, -0.15) is 0 Å². The van der Waals surface area contributed by atoms with Crippen molar-refractivity contribution in [3.63, 3.8) is 0 Å². The molecule has 0 atom stereocenters. The van der Waals surface area contributed by atoms with Crippen LogP contribution in [-0.2, 0) is 5.41 Å². The summed E-state index contributed by atoms with van der Waals surface area (Å²) < 4.78 is 9.13. The second kappa shape index (κ2) is 14.7. The van der Waals surface area contributed by atoms with Crippen molar-refractivity contribution in [2.45, 2.75) is 55.6 Å². The largest absolute Gasteiger partial charge is 0.457 e. The van der Waals surface area contributed by atoms with E-state index in [4.69, 9.17) is 9.72 Å². The molecule has 0 amide bonds. The fourth-order valence-electron chi connectivity index (χ4n) is 10.2. The molecule has 14 rings (SSSR count). The Morgan fingerprint density at radius 2 is 1.10 bits per heavy atom. The Hall–Kier alpha value is -7.04. The number of nitrogens with zero attached hydrogens (tertiary/aromatic N) is 5. The van der Waals surface area contributed by atoms with E-state index in [2.05, 4.69) is 216 Å². The minimum absolute atomic E-state index is 0.0280. The molecule has 9 heteroatoms. The first-order valence-corrected chi connectivity index (χ1v) is 25.1. The summed E-state index contributed by atoms with van der Waals surface area (Å²) >= 11 is 5.68. The summed E-state index contributed by atoms with van der Waals surface area (Å²) in [6.45, 7) is 7.41. The number of pyridine rings is 1. The molecule has 2 aromatic heterocycles. The normalized spacial score (nSPS) is 14.2. The van der Waals surface area contributed by atoms with Crippen LogP contribution in [0.5, 0.6) is 11.5 Å². The third-order valence-corrected chi connectivity index (χ3v) is 16.6. The molecule has 0 fully saturated rings. The van der Waals surface area contributed by atoms with Gasteiger partial charge >= 0.3 is 0 Å². The number of para-hydroxylation sites is 4. The molecular formula is C58H41N5OS3. The van der Waals surface area contributed by atoms with E-state index in [1.165, 1.54) is 79.9 Å². The van der Waals surface area contributed by atoms with Gasteiger partial charge in [0, 0.05) is 69.8 Å². The smallest absolute Gasteiger partial charge is 0.137 e. The van der Waals surface area contributed by atoms with Gasteiger partial charge in [-0.3, -0.25) is 4.57 Å². The number of anilines is 7. The van der Waals surface area contributed by atoms with Gasteiger partial charge in [-0.15, -0.1) is 0 Å². The van der Waals surface area contributed by atoms with Crippen LogP contribution in [0.1, 0.15) is 26.3 Å². The van der Waals surface area contributed by atoms with Crippen molar-refractivity contribution in [3.8, 4) is 28.4 Å². The molecule has 4 aliphatic rings. The van der Waals surface area contributed by atoms with E-state index in [0.29, 0.717) is 6.67 Å². The standard InChI is InChI=1S/C58H41N5OS3/c1-58(2,3)37-26-27-59-54(29-37)62-44-25-22-36(35-12-5-4-6-13-35)28-43(44)42-24-23-41(33-47(42)62)64-40-15-9-14-38(30-40)60-34-61(46-17-8-7-16-45(46)60)39-31-52-57-53(32-39)67-51-21-11-19-49-56(51)63(57)55-48(65-49)18-10-20-50(55)66-52/h4-33H,34H2,1-3H3. The lowest BCUT2D eigenvalue weighted by Crippen LogP contribution is -2.25. The summed E-state index contributed by atoms with van der Waals surface area (Å²) in [6.07, 6.45) is 1.93. The summed E-state index contributed by atoms with van der Waals surface area (Å²) in [5, 5.41) is 2.32. The molecule has 322 valence electrons. The van der Waals surface area contributed by atoms with Crippen LogP contribution >= 0.6 is 35.3 Å². The first-order chi connectivity index (χ1) is 32.8. The van der Waals surface area contributed by atoms with Crippen LogP contribution in [0.25, 0.3) is 38.8 Å². The number of hydrogen-bond acceptors (Lipinski definition) is 8. The number of ether oxygens (including phenoxy) is 1. The number of fused-ring (bicyclic) bond motifs is 4. The van der Waals surface area contributed by atoms with Crippen molar-refractivity contribution in [1.29, 1.82) is 0 Å². The van der Waals surface area contributed by atoms with Gasteiger partial charge in [0.05, 0.1) is 39.5 Å². The van der Waals surface area contributed by atoms with E-state index in [1.807, 2.05) is 41.5 Å². The Morgan fingerprint density at radius 1 is 0.478 bits per heavy atom. The lowest BCUT2D eigenvalue weighted by molar-refractivity contribution is 0.483.